The molecule has 2 aromatic rings. The number of nitrogens with one attached hydrogen (secondary N) is 1. The molecule has 0 radical (unpaired) electrons. The fraction of sp³-hybridized carbons (Fsp3) is 0.357. The predicted molar refractivity (Wildman–Crippen MR) is 69.2 cm³/mol. The van der Waals surface area contributed by atoms with Crippen LogP contribution in [0.4, 0.5) is 5.82 Å². The molecule has 1 aliphatic carbocycles. The van der Waals surface area contributed by atoms with Gasteiger partial charge in [-0.15, -0.1) is 0 Å². The van der Waals surface area contributed by atoms with Gasteiger partial charge in [0.25, 0.3) is 0 Å². The Kier molecular flexibility index (Phi) is 2.21. The smallest absolute Gasteiger partial charge is 0.133 e. The van der Waals surface area contributed by atoms with Gasteiger partial charge in [-0.05, 0) is 41.8 Å². The van der Waals surface area contributed by atoms with Crippen molar-refractivity contribution in [2.24, 2.45) is 5.41 Å². The van der Waals surface area contributed by atoms with Crippen LogP contribution in [0.25, 0.3) is 10.8 Å². The number of phenolic OH excluding ortho intramolecular Hbond substituents is 1. The summed E-state index contributed by atoms with van der Waals surface area (Å²) in [6.45, 7) is 3.23. The van der Waals surface area contributed by atoms with Crippen molar-refractivity contribution in [2.45, 2.75) is 19.8 Å². The number of rotatable bonds is 3. The van der Waals surface area contributed by atoms with Crippen molar-refractivity contribution in [1.82, 2.24) is 4.98 Å². The third kappa shape index (κ3) is 2.05. The van der Waals surface area contributed by atoms with Gasteiger partial charge in [0.05, 0.1) is 0 Å². The summed E-state index contributed by atoms with van der Waals surface area (Å²) in [6.07, 6.45) is 4.38. The lowest BCUT2D eigenvalue weighted by molar-refractivity contribution is 0.476. The van der Waals surface area contributed by atoms with Crippen molar-refractivity contribution >= 4 is 16.6 Å². The van der Waals surface area contributed by atoms with Crippen molar-refractivity contribution in [3.63, 3.8) is 0 Å². The van der Waals surface area contributed by atoms with E-state index in [4.69, 9.17) is 0 Å². The number of hydrogen-bond donors (Lipinski definition) is 2. The second kappa shape index (κ2) is 3.62. The molecular formula is C14H16N2O. The first-order chi connectivity index (χ1) is 8.16. The minimum atomic E-state index is 0.284. The number of aromatic hydroxyl groups is 1. The van der Waals surface area contributed by atoms with E-state index < -0.39 is 0 Å². The Morgan fingerprint density at radius 1 is 1.35 bits per heavy atom. The number of anilines is 1. The van der Waals surface area contributed by atoms with E-state index in [1.807, 2.05) is 12.1 Å². The number of benzene rings is 1. The molecule has 1 fully saturated rings. The van der Waals surface area contributed by atoms with Crippen LogP contribution in [0.5, 0.6) is 5.75 Å². The van der Waals surface area contributed by atoms with Crippen LogP contribution in [-0.2, 0) is 0 Å². The SMILES string of the molecule is CC1(CNc2nccc3ccc(O)cc23)CC1. The second-order valence-corrected chi connectivity index (χ2v) is 5.23. The summed E-state index contributed by atoms with van der Waals surface area (Å²) >= 11 is 0. The lowest BCUT2D eigenvalue weighted by Gasteiger charge is -2.12. The van der Waals surface area contributed by atoms with E-state index in [0.717, 1.165) is 23.1 Å². The summed E-state index contributed by atoms with van der Waals surface area (Å²) in [4.78, 5) is 4.36. The molecule has 0 unspecified atom stereocenters. The first-order valence-corrected chi connectivity index (χ1v) is 5.98. The standard InChI is InChI=1S/C14H16N2O/c1-14(5-6-14)9-16-13-12-8-11(17)3-2-10(12)4-7-15-13/h2-4,7-8,17H,5-6,9H2,1H3,(H,15,16). The molecule has 3 rings (SSSR count). The highest BCUT2D eigenvalue weighted by atomic mass is 16.3. The van der Waals surface area contributed by atoms with Crippen LogP contribution in [-0.4, -0.2) is 16.6 Å². The first kappa shape index (κ1) is 10.4. The molecule has 0 saturated heterocycles. The number of pyridine rings is 1. The summed E-state index contributed by atoms with van der Waals surface area (Å²) in [5.74, 6) is 1.15. The van der Waals surface area contributed by atoms with Crippen LogP contribution >= 0.6 is 0 Å². The highest BCUT2D eigenvalue weighted by molar-refractivity contribution is 5.92. The van der Waals surface area contributed by atoms with Gasteiger partial charge in [0, 0.05) is 18.1 Å². The van der Waals surface area contributed by atoms with Gasteiger partial charge in [-0.25, -0.2) is 4.98 Å². The van der Waals surface area contributed by atoms with Gasteiger partial charge >= 0.3 is 0 Å². The molecule has 0 aliphatic heterocycles. The summed E-state index contributed by atoms with van der Waals surface area (Å²) in [6, 6.07) is 7.34. The molecule has 88 valence electrons. The third-order valence-corrected chi connectivity index (χ3v) is 3.54. The van der Waals surface area contributed by atoms with Gasteiger partial charge in [-0.1, -0.05) is 13.0 Å². The largest absolute Gasteiger partial charge is 0.508 e. The predicted octanol–water partition coefficient (Wildman–Crippen LogP) is 3.15. The molecule has 2 N–H and O–H groups in total. The Morgan fingerprint density at radius 3 is 2.94 bits per heavy atom. The minimum Gasteiger partial charge on any atom is -0.508 e. The molecular weight excluding hydrogens is 212 g/mol. The van der Waals surface area contributed by atoms with Crippen molar-refractivity contribution in [2.75, 3.05) is 11.9 Å². The maximum Gasteiger partial charge on any atom is 0.133 e. The number of nitrogens with zero attached hydrogens (tertiary/aromatic N) is 1. The van der Waals surface area contributed by atoms with Crippen LogP contribution in [0.1, 0.15) is 19.8 Å². The fourth-order valence-electron chi connectivity index (χ4n) is 1.98. The van der Waals surface area contributed by atoms with Crippen molar-refractivity contribution < 1.29 is 5.11 Å². The van der Waals surface area contributed by atoms with Gasteiger partial charge in [-0.3, -0.25) is 0 Å². The first-order valence-electron chi connectivity index (χ1n) is 5.98. The third-order valence-electron chi connectivity index (χ3n) is 3.54. The lowest BCUT2D eigenvalue weighted by atomic mass is 10.1. The molecule has 1 saturated carbocycles. The average molecular weight is 228 g/mol. The van der Waals surface area contributed by atoms with E-state index in [9.17, 15) is 5.11 Å². The molecule has 17 heavy (non-hydrogen) atoms. The van der Waals surface area contributed by atoms with Crippen LogP contribution < -0.4 is 5.32 Å². The average Bonchev–Trinajstić information content (AvgIpc) is 3.05. The van der Waals surface area contributed by atoms with Crippen LogP contribution in [0.2, 0.25) is 0 Å². The van der Waals surface area contributed by atoms with Gasteiger partial charge in [0.1, 0.15) is 11.6 Å². The zero-order valence-electron chi connectivity index (χ0n) is 9.90. The highest BCUT2D eigenvalue weighted by Gasteiger charge is 2.36. The maximum absolute atomic E-state index is 9.54. The number of fused-ring (bicyclic) bond motifs is 1. The molecule has 3 heteroatoms. The molecule has 1 heterocycles. The molecule has 0 spiro atoms. The van der Waals surface area contributed by atoms with E-state index in [1.165, 1.54) is 12.8 Å². The summed E-state index contributed by atoms with van der Waals surface area (Å²) in [7, 11) is 0. The lowest BCUT2D eigenvalue weighted by Crippen LogP contribution is -2.12. The van der Waals surface area contributed by atoms with E-state index in [0.29, 0.717) is 5.41 Å². The number of aromatic nitrogens is 1. The molecule has 0 atom stereocenters. The van der Waals surface area contributed by atoms with E-state index in [-0.39, 0.29) is 5.75 Å². The van der Waals surface area contributed by atoms with Gasteiger partial charge in [0.15, 0.2) is 0 Å². The van der Waals surface area contributed by atoms with Gasteiger partial charge < -0.3 is 10.4 Å². The quantitative estimate of drug-likeness (QED) is 0.848. The molecule has 1 aromatic carbocycles. The minimum absolute atomic E-state index is 0.284. The molecule has 0 amide bonds. The van der Waals surface area contributed by atoms with E-state index in [1.54, 1.807) is 18.3 Å². The zero-order chi connectivity index (χ0) is 11.9. The Bertz CT molecular complexity index is 561. The van der Waals surface area contributed by atoms with Gasteiger partial charge in [0.2, 0.25) is 0 Å². The summed E-state index contributed by atoms with van der Waals surface area (Å²) < 4.78 is 0. The second-order valence-electron chi connectivity index (χ2n) is 5.23. The Balaban J connectivity index is 1.94. The normalized spacial score (nSPS) is 17.0. The Morgan fingerprint density at radius 2 is 2.18 bits per heavy atom. The molecule has 1 aliphatic rings. The monoisotopic (exact) mass is 228 g/mol. The van der Waals surface area contributed by atoms with E-state index >= 15 is 0 Å². The van der Waals surface area contributed by atoms with Crippen LogP contribution in [0, 0.1) is 5.41 Å². The zero-order valence-corrected chi connectivity index (χ0v) is 9.90. The molecule has 1 aromatic heterocycles. The van der Waals surface area contributed by atoms with Crippen molar-refractivity contribution in [3.8, 4) is 5.75 Å². The highest BCUT2D eigenvalue weighted by Crippen LogP contribution is 2.44. The summed E-state index contributed by atoms with van der Waals surface area (Å²) in [5, 5.41) is 15.0. The molecule has 0 bridgehead atoms. The number of hydrogen-bond acceptors (Lipinski definition) is 3. The van der Waals surface area contributed by atoms with Gasteiger partial charge in [-0.2, -0.15) is 0 Å². The van der Waals surface area contributed by atoms with Crippen LogP contribution in [0.3, 0.4) is 0 Å². The fourth-order valence-corrected chi connectivity index (χ4v) is 1.98. The maximum atomic E-state index is 9.54. The van der Waals surface area contributed by atoms with Crippen LogP contribution in [0.15, 0.2) is 30.5 Å². The number of phenols is 1. The Hall–Kier alpha value is -1.77. The van der Waals surface area contributed by atoms with Crippen molar-refractivity contribution in [1.29, 1.82) is 0 Å². The Labute approximate surface area is 100 Å². The van der Waals surface area contributed by atoms with E-state index in [2.05, 4.69) is 17.2 Å². The summed E-state index contributed by atoms with van der Waals surface area (Å²) in [5.41, 5.74) is 0.445. The molecule has 3 nitrogen and oxygen atoms in total. The van der Waals surface area contributed by atoms with Crippen molar-refractivity contribution in [3.05, 3.63) is 30.5 Å². The topological polar surface area (TPSA) is 45.2 Å².